The van der Waals surface area contributed by atoms with E-state index in [-0.39, 0.29) is 0 Å². The molecule has 2 fully saturated rings. The summed E-state index contributed by atoms with van der Waals surface area (Å²) in [5, 5.41) is 13.9. The predicted molar refractivity (Wildman–Crippen MR) is 78.5 cm³/mol. The number of β-amino-alcohol motifs (C(OH)–C–C–N with tert-alkyl or cyclic N) is 1. The van der Waals surface area contributed by atoms with Crippen molar-refractivity contribution in [2.24, 2.45) is 0 Å². The molecule has 4 heteroatoms. The summed E-state index contributed by atoms with van der Waals surface area (Å²) in [7, 11) is 0. The summed E-state index contributed by atoms with van der Waals surface area (Å²) in [6.07, 6.45) is 1.88. The number of hydrogen-bond acceptors (Lipinski definition) is 4. The third-order valence-electron chi connectivity index (χ3n) is 4.36. The number of ether oxygens (including phenoxy) is 1. The van der Waals surface area contributed by atoms with Crippen molar-refractivity contribution in [2.75, 3.05) is 39.4 Å². The molecule has 0 saturated carbocycles. The number of benzene rings is 1. The van der Waals surface area contributed by atoms with Gasteiger partial charge >= 0.3 is 0 Å². The molecule has 0 radical (unpaired) electrons. The molecule has 1 unspecified atom stereocenters. The molecule has 4 nitrogen and oxygen atoms in total. The molecule has 2 aliphatic heterocycles. The van der Waals surface area contributed by atoms with Gasteiger partial charge in [-0.3, -0.25) is 4.90 Å². The molecule has 1 atom stereocenters. The first kappa shape index (κ1) is 14.0. The topological polar surface area (TPSA) is 44.7 Å². The summed E-state index contributed by atoms with van der Waals surface area (Å²) >= 11 is 0. The van der Waals surface area contributed by atoms with Gasteiger partial charge in [-0.15, -0.1) is 0 Å². The van der Waals surface area contributed by atoms with Gasteiger partial charge in [0.25, 0.3) is 0 Å². The Labute approximate surface area is 120 Å². The molecular formula is C16H24N2O2. The van der Waals surface area contributed by atoms with Crippen molar-refractivity contribution in [3.05, 3.63) is 35.4 Å². The number of morpholine rings is 1. The number of aliphatic hydroxyl groups is 1. The van der Waals surface area contributed by atoms with Gasteiger partial charge in [0.1, 0.15) is 5.60 Å². The smallest absolute Gasteiger partial charge is 0.102 e. The fraction of sp³-hybridized carbons (Fsp3) is 0.625. The van der Waals surface area contributed by atoms with E-state index >= 15 is 0 Å². The van der Waals surface area contributed by atoms with Crippen molar-refractivity contribution in [1.29, 1.82) is 0 Å². The average molecular weight is 276 g/mol. The van der Waals surface area contributed by atoms with Gasteiger partial charge in [0.2, 0.25) is 0 Å². The summed E-state index contributed by atoms with van der Waals surface area (Å²) in [5.74, 6) is 0. The van der Waals surface area contributed by atoms with E-state index in [2.05, 4.69) is 34.5 Å². The van der Waals surface area contributed by atoms with E-state index in [4.69, 9.17) is 4.74 Å². The Hall–Kier alpha value is -0.940. The number of nitrogens with zero attached hydrogens (tertiary/aromatic N) is 1. The van der Waals surface area contributed by atoms with Crippen LogP contribution in [0.4, 0.5) is 0 Å². The first-order valence-corrected chi connectivity index (χ1v) is 7.59. The lowest BCUT2D eigenvalue weighted by molar-refractivity contribution is 0.0122. The Morgan fingerprint density at radius 2 is 1.95 bits per heavy atom. The average Bonchev–Trinajstić information content (AvgIpc) is 2.50. The minimum absolute atomic E-state index is 0.663. The Morgan fingerprint density at radius 1 is 1.20 bits per heavy atom. The van der Waals surface area contributed by atoms with Gasteiger partial charge in [0.15, 0.2) is 0 Å². The number of nitrogens with one attached hydrogen (secondary N) is 1. The lowest BCUT2D eigenvalue weighted by Crippen LogP contribution is -2.43. The summed E-state index contributed by atoms with van der Waals surface area (Å²) < 4.78 is 5.37. The van der Waals surface area contributed by atoms with Gasteiger partial charge in [-0.1, -0.05) is 24.3 Å². The van der Waals surface area contributed by atoms with E-state index in [0.29, 0.717) is 6.54 Å². The highest BCUT2D eigenvalue weighted by Gasteiger charge is 2.30. The molecule has 0 amide bonds. The van der Waals surface area contributed by atoms with Gasteiger partial charge in [-0.2, -0.15) is 0 Å². The van der Waals surface area contributed by atoms with Crippen molar-refractivity contribution in [1.82, 2.24) is 10.2 Å². The zero-order valence-electron chi connectivity index (χ0n) is 12.0. The largest absolute Gasteiger partial charge is 0.384 e. The Morgan fingerprint density at radius 3 is 2.60 bits per heavy atom. The quantitative estimate of drug-likeness (QED) is 0.867. The van der Waals surface area contributed by atoms with E-state index in [1.54, 1.807) is 0 Å². The van der Waals surface area contributed by atoms with Crippen molar-refractivity contribution >= 4 is 0 Å². The summed E-state index contributed by atoms with van der Waals surface area (Å²) in [5.41, 5.74) is 1.66. The zero-order valence-corrected chi connectivity index (χ0v) is 12.0. The molecule has 2 saturated heterocycles. The SMILES string of the molecule is OC1(c2ccc(CN3CCOCC3)cc2)CCCNC1. The van der Waals surface area contributed by atoms with E-state index in [1.165, 1.54) is 5.56 Å². The maximum atomic E-state index is 10.7. The predicted octanol–water partition coefficient (Wildman–Crippen LogP) is 1.09. The van der Waals surface area contributed by atoms with Crippen molar-refractivity contribution < 1.29 is 9.84 Å². The lowest BCUT2D eigenvalue weighted by Gasteiger charge is -2.33. The Kier molecular flexibility index (Phi) is 4.36. The molecule has 1 aromatic rings. The zero-order chi connectivity index (χ0) is 13.8. The third-order valence-corrected chi connectivity index (χ3v) is 4.36. The number of rotatable bonds is 3. The maximum Gasteiger partial charge on any atom is 0.102 e. The molecule has 2 N–H and O–H groups in total. The lowest BCUT2D eigenvalue weighted by atomic mass is 9.86. The van der Waals surface area contributed by atoms with Crippen LogP contribution in [0.3, 0.4) is 0 Å². The Bertz CT molecular complexity index is 421. The molecule has 2 heterocycles. The first-order chi connectivity index (χ1) is 9.76. The summed E-state index contributed by atoms with van der Waals surface area (Å²) in [6.45, 7) is 6.34. The molecule has 1 aromatic carbocycles. The monoisotopic (exact) mass is 276 g/mol. The van der Waals surface area contributed by atoms with Crippen LogP contribution in [0.15, 0.2) is 24.3 Å². The fourth-order valence-electron chi connectivity index (χ4n) is 3.07. The molecule has 0 bridgehead atoms. The normalized spacial score (nSPS) is 28.4. The number of piperidine rings is 1. The van der Waals surface area contributed by atoms with Gasteiger partial charge in [0.05, 0.1) is 13.2 Å². The van der Waals surface area contributed by atoms with E-state index in [1.807, 2.05) is 0 Å². The van der Waals surface area contributed by atoms with E-state index in [9.17, 15) is 5.11 Å². The van der Waals surface area contributed by atoms with Crippen LogP contribution < -0.4 is 5.32 Å². The molecular weight excluding hydrogens is 252 g/mol. The van der Waals surface area contributed by atoms with Crippen LogP contribution in [-0.2, 0) is 16.9 Å². The molecule has 0 aliphatic carbocycles. The van der Waals surface area contributed by atoms with Crippen LogP contribution in [0.25, 0.3) is 0 Å². The highest BCUT2D eigenvalue weighted by atomic mass is 16.5. The molecule has 3 rings (SSSR count). The second kappa shape index (κ2) is 6.22. The number of hydrogen-bond donors (Lipinski definition) is 2. The highest BCUT2D eigenvalue weighted by Crippen LogP contribution is 2.28. The molecule has 20 heavy (non-hydrogen) atoms. The van der Waals surface area contributed by atoms with Crippen LogP contribution in [-0.4, -0.2) is 49.4 Å². The second-order valence-corrected chi connectivity index (χ2v) is 5.90. The van der Waals surface area contributed by atoms with Gasteiger partial charge in [-0.05, 0) is 30.5 Å². The van der Waals surface area contributed by atoms with Gasteiger partial charge in [0, 0.05) is 26.2 Å². The molecule has 110 valence electrons. The van der Waals surface area contributed by atoms with Gasteiger partial charge in [-0.25, -0.2) is 0 Å². The van der Waals surface area contributed by atoms with Crippen molar-refractivity contribution in [3.63, 3.8) is 0 Å². The van der Waals surface area contributed by atoms with Gasteiger partial charge < -0.3 is 15.2 Å². The highest BCUT2D eigenvalue weighted by molar-refractivity contribution is 5.28. The minimum Gasteiger partial charge on any atom is -0.384 e. The minimum atomic E-state index is -0.685. The van der Waals surface area contributed by atoms with Crippen LogP contribution in [0.2, 0.25) is 0 Å². The second-order valence-electron chi connectivity index (χ2n) is 5.90. The van der Waals surface area contributed by atoms with Crippen LogP contribution >= 0.6 is 0 Å². The van der Waals surface area contributed by atoms with Crippen molar-refractivity contribution in [3.8, 4) is 0 Å². The molecule has 2 aliphatic rings. The van der Waals surface area contributed by atoms with Crippen LogP contribution in [0.5, 0.6) is 0 Å². The maximum absolute atomic E-state index is 10.7. The fourth-order valence-corrected chi connectivity index (χ4v) is 3.07. The first-order valence-electron chi connectivity index (χ1n) is 7.59. The van der Waals surface area contributed by atoms with E-state index in [0.717, 1.165) is 57.8 Å². The Balaban J connectivity index is 1.64. The van der Waals surface area contributed by atoms with E-state index < -0.39 is 5.60 Å². The van der Waals surface area contributed by atoms with Crippen molar-refractivity contribution in [2.45, 2.75) is 25.0 Å². The van der Waals surface area contributed by atoms with Crippen LogP contribution in [0, 0.1) is 0 Å². The molecule has 0 spiro atoms. The standard InChI is InChI=1S/C16H24N2O2/c19-16(6-1-7-17-13-16)15-4-2-14(3-5-15)12-18-8-10-20-11-9-18/h2-5,17,19H,1,6-13H2. The van der Waals surface area contributed by atoms with Crippen LogP contribution in [0.1, 0.15) is 24.0 Å². The summed E-state index contributed by atoms with van der Waals surface area (Å²) in [4.78, 5) is 2.41. The third kappa shape index (κ3) is 3.20. The molecule has 0 aromatic heterocycles. The summed E-state index contributed by atoms with van der Waals surface area (Å²) in [6, 6.07) is 8.47.